The second-order valence-electron chi connectivity index (χ2n) is 17.7. The van der Waals surface area contributed by atoms with Crippen LogP contribution in [0.3, 0.4) is 0 Å². The lowest BCUT2D eigenvalue weighted by atomic mass is 10.0. The molecule has 0 aliphatic carbocycles. The van der Waals surface area contributed by atoms with Crippen LogP contribution < -0.4 is 54.4 Å². The monoisotopic (exact) mass is 943 g/mol. The molecule has 22 heteroatoms. The Balaban J connectivity index is 2.15. The standard InChI is InChI=1S/C45H74N12O10/c1-25(2)23-33(39(61)50-28(6)38(60)56-36(26(3)4)42(64)51-27(5)37(59)54-32(44(66)67)18-13-21-49-45(47)48)55-41(63)35-19-14-22-57(35)43(65)31(17-11-12-20-46)53-40(62)34(52-29(7)58)24-30-15-9-8-10-16-30/h8-10,15-16,25-28,31-36H,11-14,17-24,46H2,1-7H3,(H,50,61)(H,51,64)(H,52,58)(H,53,62)(H,54,59)(H,55,63)(H,56,60)(H,66,67)(H4,47,48,49)/t27-,28+,31+,32+,33+,34+,35+,36+/m1/s1. The van der Waals surface area contributed by atoms with Crippen LogP contribution in [-0.2, 0) is 49.6 Å². The van der Waals surface area contributed by atoms with Crippen molar-refractivity contribution in [2.24, 2.45) is 34.0 Å². The van der Waals surface area contributed by atoms with Gasteiger partial charge in [0.25, 0.3) is 0 Å². The zero-order valence-electron chi connectivity index (χ0n) is 39.9. The van der Waals surface area contributed by atoms with Gasteiger partial charge in [-0.05, 0) is 89.2 Å². The molecule has 0 radical (unpaired) electrons. The number of carbonyl (C=O) groups excluding carboxylic acids is 8. The lowest BCUT2D eigenvalue weighted by Crippen LogP contribution is -2.60. The SMILES string of the molecule is CC(=O)N[C@@H](Cc1ccccc1)C(=O)N[C@@H](CCCCN)C(=O)N1CCC[C@H]1C(=O)N[C@@H](CC(C)C)C(=O)N[C@@H](C)C(=O)N[C@H](C(=O)N[C@H](C)C(=O)N[C@@H](CCCN=C(N)N)C(=O)O)C(C)C. The van der Waals surface area contributed by atoms with Crippen LogP contribution in [0.15, 0.2) is 35.3 Å². The Morgan fingerprint density at radius 2 is 1.28 bits per heavy atom. The third-order valence-corrected chi connectivity index (χ3v) is 11.0. The highest BCUT2D eigenvalue weighted by atomic mass is 16.4. The first kappa shape index (κ1) is 56.8. The summed E-state index contributed by atoms with van der Waals surface area (Å²) in [6.07, 6.45) is 2.71. The molecule has 1 saturated heterocycles. The minimum absolute atomic E-state index is 0.0179. The fourth-order valence-corrected chi connectivity index (χ4v) is 7.42. The molecule has 0 saturated carbocycles. The fourth-order valence-electron chi connectivity index (χ4n) is 7.42. The number of hydrogen-bond donors (Lipinski definition) is 11. The second kappa shape index (κ2) is 28.7. The average Bonchev–Trinajstić information content (AvgIpc) is 3.75. The summed E-state index contributed by atoms with van der Waals surface area (Å²) in [6.45, 7) is 11.8. The van der Waals surface area contributed by atoms with Gasteiger partial charge >= 0.3 is 5.97 Å². The number of rotatable bonds is 28. The van der Waals surface area contributed by atoms with Crippen LogP contribution in [0.25, 0.3) is 0 Å². The number of nitrogens with zero attached hydrogens (tertiary/aromatic N) is 2. The number of aliphatic imine (C=N–C) groups is 1. The van der Waals surface area contributed by atoms with Gasteiger partial charge in [-0.3, -0.25) is 43.3 Å². The lowest BCUT2D eigenvalue weighted by molar-refractivity contribution is -0.142. The van der Waals surface area contributed by atoms with Gasteiger partial charge in [0.05, 0.1) is 0 Å². The number of benzene rings is 1. The second-order valence-corrected chi connectivity index (χ2v) is 17.7. The fraction of sp³-hybridized carbons (Fsp3) is 0.644. The molecule has 2 rings (SSSR count). The summed E-state index contributed by atoms with van der Waals surface area (Å²) < 4.78 is 0. The van der Waals surface area contributed by atoms with E-state index in [4.69, 9.17) is 17.2 Å². The molecular formula is C45H74N12O10. The molecule has 8 atom stereocenters. The lowest BCUT2D eigenvalue weighted by Gasteiger charge is -2.31. The summed E-state index contributed by atoms with van der Waals surface area (Å²) in [5.74, 6) is -7.02. The number of carboxylic acid groups (broad SMARTS) is 1. The molecule has 1 fully saturated rings. The highest BCUT2D eigenvalue weighted by Gasteiger charge is 2.40. The van der Waals surface area contributed by atoms with Crippen molar-refractivity contribution in [1.29, 1.82) is 0 Å². The molecular weight excluding hydrogens is 869 g/mol. The molecule has 67 heavy (non-hydrogen) atoms. The molecule has 0 bridgehead atoms. The summed E-state index contributed by atoms with van der Waals surface area (Å²) in [6, 6.07) is 0.164. The van der Waals surface area contributed by atoms with E-state index in [1.807, 2.05) is 44.2 Å². The molecule has 1 heterocycles. The van der Waals surface area contributed by atoms with Gasteiger partial charge in [0, 0.05) is 26.4 Å². The van der Waals surface area contributed by atoms with Crippen molar-refractivity contribution >= 4 is 59.2 Å². The Bertz CT molecular complexity index is 1880. The number of carbonyl (C=O) groups is 9. The maximum absolute atomic E-state index is 14.2. The summed E-state index contributed by atoms with van der Waals surface area (Å²) >= 11 is 0. The Hall–Kier alpha value is -6.32. The minimum atomic E-state index is -1.29. The molecule has 1 aromatic carbocycles. The highest BCUT2D eigenvalue weighted by Crippen LogP contribution is 2.21. The van der Waals surface area contributed by atoms with Crippen LogP contribution in [0.2, 0.25) is 0 Å². The van der Waals surface area contributed by atoms with Crippen LogP contribution in [0.1, 0.15) is 105 Å². The topological polar surface area (TPSA) is 352 Å². The van der Waals surface area contributed by atoms with Crippen molar-refractivity contribution in [3.63, 3.8) is 0 Å². The molecule has 0 aromatic heterocycles. The third-order valence-electron chi connectivity index (χ3n) is 11.0. The van der Waals surface area contributed by atoms with Crippen molar-refractivity contribution in [2.45, 2.75) is 155 Å². The normalized spacial score (nSPS) is 16.5. The van der Waals surface area contributed by atoms with E-state index in [1.165, 1.54) is 25.7 Å². The summed E-state index contributed by atoms with van der Waals surface area (Å²) in [7, 11) is 0. The maximum atomic E-state index is 14.2. The van der Waals surface area contributed by atoms with E-state index < -0.39 is 107 Å². The zero-order valence-corrected chi connectivity index (χ0v) is 39.9. The van der Waals surface area contributed by atoms with Gasteiger partial charge in [0.2, 0.25) is 47.3 Å². The molecule has 14 N–H and O–H groups in total. The van der Waals surface area contributed by atoms with Gasteiger partial charge in [-0.1, -0.05) is 58.0 Å². The number of nitrogens with two attached hydrogens (primary N) is 3. The van der Waals surface area contributed by atoms with E-state index in [0.29, 0.717) is 25.8 Å². The quantitative estimate of drug-likeness (QED) is 0.0263. The number of amides is 8. The zero-order chi connectivity index (χ0) is 50.4. The first-order valence-corrected chi connectivity index (χ1v) is 23.0. The van der Waals surface area contributed by atoms with E-state index in [1.54, 1.807) is 13.8 Å². The van der Waals surface area contributed by atoms with Crippen LogP contribution in [0, 0.1) is 11.8 Å². The van der Waals surface area contributed by atoms with Gasteiger partial charge < -0.3 is 64.4 Å². The number of hydrogen-bond acceptors (Lipinski definition) is 11. The molecule has 0 unspecified atom stereocenters. The van der Waals surface area contributed by atoms with Crippen molar-refractivity contribution in [3.05, 3.63) is 35.9 Å². The molecule has 8 amide bonds. The predicted molar refractivity (Wildman–Crippen MR) is 250 cm³/mol. The Morgan fingerprint density at radius 3 is 1.85 bits per heavy atom. The Kier molecular flexibility index (Phi) is 24.3. The first-order valence-electron chi connectivity index (χ1n) is 23.0. The van der Waals surface area contributed by atoms with Crippen LogP contribution in [0.5, 0.6) is 0 Å². The van der Waals surface area contributed by atoms with Crippen LogP contribution in [0.4, 0.5) is 0 Å². The number of nitrogens with one attached hydrogen (secondary N) is 7. The molecule has 22 nitrogen and oxygen atoms in total. The van der Waals surface area contributed by atoms with Gasteiger partial charge in [-0.15, -0.1) is 0 Å². The third kappa shape index (κ3) is 20.0. The highest BCUT2D eigenvalue weighted by molar-refractivity contribution is 5.98. The van der Waals surface area contributed by atoms with Gasteiger partial charge in [-0.2, -0.15) is 0 Å². The van der Waals surface area contributed by atoms with E-state index in [2.05, 4.69) is 42.2 Å². The molecule has 0 spiro atoms. The largest absolute Gasteiger partial charge is 0.480 e. The van der Waals surface area contributed by atoms with E-state index in [0.717, 1.165) is 5.56 Å². The Labute approximate surface area is 392 Å². The molecule has 1 aromatic rings. The van der Waals surface area contributed by atoms with Crippen LogP contribution in [-0.4, -0.2) is 137 Å². The number of guanidine groups is 1. The van der Waals surface area contributed by atoms with E-state index in [9.17, 15) is 48.3 Å². The average molecular weight is 943 g/mol. The van der Waals surface area contributed by atoms with Crippen LogP contribution >= 0.6 is 0 Å². The van der Waals surface area contributed by atoms with E-state index >= 15 is 0 Å². The minimum Gasteiger partial charge on any atom is -0.480 e. The smallest absolute Gasteiger partial charge is 0.326 e. The summed E-state index contributed by atoms with van der Waals surface area (Å²) in [5, 5.41) is 28.0. The van der Waals surface area contributed by atoms with Gasteiger partial charge in [0.15, 0.2) is 5.96 Å². The summed E-state index contributed by atoms with van der Waals surface area (Å²) in [4.78, 5) is 124. The van der Waals surface area contributed by atoms with Gasteiger partial charge in [-0.25, -0.2) is 4.79 Å². The number of likely N-dealkylation sites (tertiary alicyclic amines) is 1. The van der Waals surface area contributed by atoms with E-state index in [-0.39, 0.29) is 63.5 Å². The van der Waals surface area contributed by atoms with Crippen molar-refractivity contribution in [2.75, 3.05) is 19.6 Å². The summed E-state index contributed by atoms with van der Waals surface area (Å²) in [5.41, 5.74) is 17.1. The number of aliphatic carboxylic acids is 1. The molecule has 374 valence electrons. The predicted octanol–water partition coefficient (Wildman–Crippen LogP) is -1.36. The number of unbranched alkanes of at least 4 members (excludes halogenated alkanes) is 1. The van der Waals surface area contributed by atoms with Gasteiger partial charge in [0.1, 0.15) is 48.3 Å². The van der Waals surface area contributed by atoms with Crippen molar-refractivity contribution in [3.8, 4) is 0 Å². The Morgan fingerprint density at radius 1 is 0.701 bits per heavy atom. The first-order chi connectivity index (χ1) is 31.5. The van der Waals surface area contributed by atoms with Crippen molar-refractivity contribution < 1.29 is 48.3 Å². The maximum Gasteiger partial charge on any atom is 0.326 e. The number of carboxylic acids is 1. The van der Waals surface area contributed by atoms with Crippen molar-refractivity contribution in [1.82, 2.24) is 42.1 Å². The molecule has 1 aliphatic rings. The molecule has 1 aliphatic heterocycles.